The van der Waals surface area contributed by atoms with Crippen LogP contribution in [0.3, 0.4) is 0 Å². The molecule has 0 aromatic carbocycles. The van der Waals surface area contributed by atoms with Gasteiger partial charge in [-0.1, -0.05) is 0 Å². The second-order valence-corrected chi connectivity index (χ2v) is 3.66. The number of nitrogens with zero attached hydrogens (tertiary/aromatic N) is 1. The van der Waals surface area contributed by atoms with E-state index in [0.29, 0.717) is 17.1 Å². The van der Waals surface area contributed by atoms with Crippen LogP contribution in [0.4, 0.5) is 0 Å². The molecule has 3 N–H and O–H groups in total. The number of carbonyl (C=O) groups is 2. The van der Waals surface area contributed by atoms with Gasteiger partial charge in [-0.05, 0) is 13.0 Å². The Kier molecular flexibility index (Phi) is 3.13. The van der Waals surface area contributed by atoms with Crippen LogP contribution in [-0.4, -0.2) is 27.2 Å². The molecule has 94 valence electrons. The van der Waals surface area contributed by atoms with E-state index in [0.717, 1.165) is 0 Å². The maximum Gasteiger partial charge on any atom is 0.339 e. The molecule has 0 atom stereocenters. The Morgan fingerprint density at radius 2 is 2.33 bits per heavy atom. The van der Waals surface area contributed by atoms with Crippen molar-refractivity contribution in [1.29, 1.82) is 0 Å². The largest absolute Gasteiger partial charge is 0.478 e. The van der Waals surface area contributed by atoms with Crippen LogP contribution in [0, 0.1) is 6.92 Å². The Hall–Kier alpha value is -2.57. The van der Waals surface area contributed by atoms with Gasteiger partial charge in [-0.15, -0.1) is 0 Å². The normalized spacial score (nSPS) is 10.3. The molecule has 2 heterocycles. The number of amides is 1. The first-order chi connectivity index (χ1) is 8.58. The lowest BCUT2D eigenvalue weighted by Crippen LogP contribution is -2.22. The van der Waals surface area contributed by atoms with E-state index < -0.39 is 5.97 Å². The fourth-order valence-corrected chi connectivity index (χ4v) is 1.49. The fourth-order valence-electron chi connectivity index (χ4n) is 1.49. The number of nitrogens with one attached hydrogen (secondary N) is 2. The smallest absolute Gasteiger partial charge is 0.339 e. The maximum absolute atomic E-state index is 11.6. The van der Waals surface area contributed by atoms with E-state index in [4.69, 9.17) is 9.52 Å². The number of aromatic amines is 1. The average Bonchev–Trinajstić information content (AvgIpc) is 2.94. The van der Waals surface area contributed by atoms with Gasteiger partial charge in [0.05, 0.1) is 18.3 Å². The van der Waals surface area contributed by atoms with Crippen molar-refractivity contribution in [3.05, 3.63) is 41.1 Å². The van der Waals surface area contributed by atoms with Gasteiger partial charge in [-0.2, -0.15) is 5.10 Å². The number of carbonyl (C=O) groups excluding carboxylic acids is 1. The third-order valence-corrected chi connectivity index (χ3v) is 2.38. The van der Waals surface area contributed by atoms with Crippen LogP contribution in [0.1, 0.15) is 32.2 Å². The van der Waals surface area contributed by atoms with Gasteiger partial charge in [-0.25, -0.2) is 4.79 Å². The van der Waals surface area contributed by atoms with Gasteiger partial charge in [0, 0.05) is 6.20 Å². The summed E-state index contributed by atoms with van der Waals surface area (Å²) in [6, 6.07) is 1.40. The number of aromatic nitrogens is 2. The highest BCUT2D eigenvalue weighted by Gasteiger charge is 2.14. The van der Waals surface area contributed by atoms with E-state index in [1.165, 1.54) is 18.5 Å². The molecule has 0 bridgehead atoms. The number of rotatable bonds is 4. The first-order valence-corrected chi connectivity index (χ1v) is 5.17. The molecular weight excluding hydrogens is 238 g/mol. The van der Waals surface area contributed by atoms with Crippen molar-refractivity contribution >= 4 is 11.9 Å². The highest BCUT2D eigenvalue weighted by Crippen LogP contribution is 2.14. The minimum Gasteiger partial charge on any atom is -0.478 e. The molecule has 0 aliphatic carbocycles. The molecule has 1 amide bonds. The molecule has 2 aromatic heterocycles. The van der Waals surface area contributed by atoms with Crippen LogP contribution in [-0.2, 0) is 6.54 Å². The van der Waals surface area contributed by atoms with Crippen molar-refractivity contribution in [2.45, 2.75) is 13.5 Å². The van der Waals surface area contributed by atoms with Crippen LogP contribution in [0.25, 0.3) is 0 Å². The molecule has 0 aliphatic rings. The molecule has 7 nitrogen and oxygen atoms in total. The zero-order valence-corrected chi connectivity index (χ0v) is 9.56. The van der Waals surface area contributed by atoms with Crippen molar-refractivity contribution in [3.8, 4) is 0 Å². The van der Waals surface area contributed by atoms with E-state index >= 15 is 0 Å². The van der Waals surface area contributed by atoms with Gasteiger partial charge in [0.15, 0.2) is 0 Å². The van der Waals surface area contributed by atoms with Crippen LogP contribution in [0.2, 0.25) is 0 Å². The number of carboxylic acid groups (broad SMARTS) is 1. The SMILES string of the molecule is Cc1oc(CNC(=O)c2cn[nH]c2)cc1C(=O)O. The molecular formula is C11H11N3O4. The molecule has 2 aromatic rings. The predicted octanol–water partition coefficient (Wildman–Crippen LogP) is 0.939. The average molecular weight is 249 g/mol. The lowest BCUT2D eigenvalue weighted by molar-refractivity contribution is 0.0694. The number of H-pyrrole nitrogens is 1. The van der Waals surface area contributed by atoms with Gasteiger partial charge in [-0.3, -0.25) is 9.89 Å². The summed E-state index contributed by atoms with van der Waals surface area (Å²) in [5.41, 5.74) is 0.499. The number of furan rings is 1. The van der Waals surface area contributed by atoms with Gasteiger partial charge < -0.3 is 14.8 Å². The lowest BCUT2D eigenvalue weighted by Gasteiger charge is -1.99. The zero-order valence-electron chi connectivity index (χ0n) is 9.56. The quantitative estimate of drug-likeness (QED) is 0.747. The molecule has 18 heavy (non-hydrogen) atoms. The topological polar surface area (TPSA) is 108 Å². The van der Waals surface area contributed by atoms with Crippen molar-refractivity contribution < 1.29 is 19.1 Å². The number of hydrogen-bond donors (Lipinski definition) is 3. The van der Waals surface area contributed by atoms with Crippen molar-refractivity contribution in [3.63, 3.8) is 0 Å². The Morgan fingerprint density at radius 3 is 2.89 bits per heavy atom. The predicted molar refractivity (Wildman–Crippen MR) is 60.2 cm³/mol. The molecule has 0 fully saturated rings. The summed E-state index contributed by atoms with van der Waals surface area (Å²) in [5.74, 6) is -0.657. The van der Waals surface area contributed by atoms with Gasteiger partial charge in [0.2, 0.25) is 0 Å². The summed E-state index contributed by atoms with van der Waals surface area (Å²) in [7, 11) is 0. The minimum absolute atomic E-state index is 0.0996. The Balaban J connectivity index is 2.01. The molecule has 2 rings (SSSR count). The molecule has 7 heteroatoms. The van der Waals surface area contributed by atoms with Crippen molar-refractivity contribution in [2.24, 2.45) is 0 Å². The third-order valence-electron chi connectivity index (χ3n) is 2.38. The van der Waals surface area contributed by atoms with E-state index in [1.807, 2.05) is 0 Å². The molecule has 0 aliphatic heterocycles. The summed E-state index contributed by atoms with van der Waals surface area (Å²) < 4.78 is 5.22. The molecule has 0 saturated heterocycles. The summed E-state index contributed by atoms with van der Waals surface area (Å²) >= 11 is 0. The Bertz CT molecular complexity index is 571. The van der Waals surface area contributed by atoms with E-state index in [1.54, 1.807) is 6.92 Å². The standard InChI is InChI=1S/C11H11N3O4/c1-6-9(11(16)17)2-8(18-6)5-12-10(15)7-3-13-14-4-7/h2-4H,5H2,1H3,(H,12,15)(H,13,14)(H,16,17). The molecule has 0 spiro atoms. The minimum atomic E-state index is -1.05. The second-order valence-electron chi connectivity index (χ2n) is 3.66. The highest BCUT2D eigenvalue weighted by atomic mass is 16.4. The zero-order chi connectivity index (χ0) is 13.1. The van der Waals surface area contributed by atoms with Crippen molar-refractivity contribution in [1.82, 2.24) is 15.5 Å². The summed E-state index contributed by atoms with van der Waals surface area (Å²) in [4.78, 5) is 22.4. The first-order valence-electron chi connectivity index (χ1n) is 5.17. The highest BCUT2D eigenvalue weighted by molar-refractivity contribution is 5.93. The van der Waals surface area contributed by atoms with E-state index in [2.05, 4.69) is 15.5 Å². The van der Waals surface area contributed by atoms with E-state index in [9.17, 15) is 9.59 Å². The Labute approximate surface area is 102 Å². The first kappa shape index (κ1) is 11.9. The summed E-state index contributed by atoms with van der Waals surface area (Å²) in [6.07, 6.45) is 2.86. The van der Waals surface area contributed by atoms with Gasteiger partial charge in [0.1, 0.15) is 17.1 Å². The number of aromatic carboxylic acids is 1. The van der Waals surface area contributed by atoms with Crippen LogP contribution >= 0.6 is 0 Å². The number of carboxylic acids is 1. The number of hydrogen-bond acceptors (Lipinski definition) is 4. The van der Waals surface area contributed by atoms with Crippen LogP contribution in [0.15, 0.2) is 22.9 Å². The van der Waals surface area contributed by atoms with Gasteiger partial charge >= 0.3 is 5.97 Å². The summed E-state index contributed by atoms with van der Waals surface area (Å²) in [5, 5.41) is 17.6. The van der Waals surface area contributed by atoms with Crippen LogP contribution in [0.5, 0.6) is 0 Å². The molecule has 0 saturated carbocycles. The number of aryl methyl sites for hydroxylation is 1. The van der Waals surface area contributed by atoms with Gasteiger partial charge in [0.25, 0.3) is 5.91 Å². The molecule has 0 unspecified atom stereocenters. The third kappa shape index (κ3) is 2.40. The Morgan fingerprint density at radius 1 is 1.56 bits per heavy atom. The fraction of sp³-hybridized carbons (Fsp3) is 0.182. The monoisotopic (exact) mass is 249 g/mol. The maximum atomic E-state index is 11.6. The van der Waals surface area contributed by atoms with Crippen LogP contribution < -0.4 is 5.32 Å². The second kappa shape index (κ2) is 4.74. The lowest BCUT2D eigenvalue weighted by atomic mass is 10.2. The van der Waals surface area contributed by atoms with Crippen molar-refractivity contribution in [2.75, 3.05) is 0 Å². The van der Waals surface area contributed by atoms with E-state index in [-0.39, 0.29) is 18.0 Å². The summed E-state index contributed by atoms with van der Waals surface area (Å²) in [6.45, 7) is 1.68. The molecule has 0 radical (unpaired) electrons.